The molecule has 0 radical (unpaired) electrons. The summed E-state index contributed by atoms with van der Waals surface area (Å²) in [4.78, 5) is 0. The molecule has 0 saturated heterocycles. The summed E-state index contributed by atoms with van der Waals surface area (Å²) in [7, 11) is 0. The van der Waals surface area contributed by atoms with E-state index in [4.69, 9.17) is 5.73 Å². The Balaban J connectivity index is 2.05. The Labute approximate surface area is 91.7 Å². The fraction of sp³-hybridized carbons (Fsp3) is 0.571. The SMILES string of the molecule is CC1(N)Cc2cc3c(cc2C1)CCCC3. The van der Waals surface area contributed by atoms with Crippen molar-refractivity contribution in [3.63, 3.8) is 0 Å². The van der Waals surface area contributed by atoms with Gasteiger partial charge in [0.05, 0.1) is 0 Å². The second kappa shape index (κ2) is 3.08. The van der Waals surface area contributed by atoms with Crippen molar-refractivity contribution >= 4 is 0 Å². The van der Waals surface area contributed by atoms with Gasteiger partial charge in [0, 0.05) is 5.54 Å². The zero-order valence-electron chi connectivity index (χ0n) is 9.47. The van der Waals surface area contributed by atoms with Crippen molar-refractivity contribution in [2.45, 2.75) is 51.0 Å². The summed E-state index contributed by atoms with van der Waals surface area (Å²) in [5.41, 5.74) is 12.5. The molecule has 1 aromatic rings. The first-order valence-corrected chi connectivity index (χ1v) is 6.06. The summed E-state index contributed by atoms with van der Waals surface area (Å²) in [6.45, 7) is 2.17. The van der Waals surface area contributed by atoms with Crippen LogP contribution < -0.4 is 5.73 Å². The van der Waals surface area contributed by atoms with Gasteiger partial charge in [-0.25, -0.2) is 0 Å². The molecule has 0 aliphatic heterocycles. The van der Waals surface area contributed by atoms with Gasteiger partial charge in [0.2, 0.25) is 0 Å². The molecule has 0 bridgehead atoms. The Bertz CT molecular complexity index is 367. The van der Waals surface area contributed by atoms with Crippen molar-refractivity contribution in [2.75, 3.05) is 0 Å². The van der Waals surface area contributed by atoms with Gasteiger partial charge in [-0.2, -0.15) is 0 Å². The fourth-order valence-electron chi connectivity index (χ4n) is 3.15. The Morgan fingerprint density at radius 2 is 1.40 bits per heavy atom. The van der Waals surface area contributed by atoms with Crippen LogP contribution in [0.2, 0.25) is 0 Å². The number of fused-ring (bicyclic) bond motifs is 2. The van der Waals surface area contributed by atoms with Crippen molar-refractivity contribution in [1.82, 2.24) is 0 Å². The molecular weight excluding hydrogens is 182 g/mol. The summed E-state index contributed by atoms with van der Waals surface area (Å²) in [6, 6.07) is 4.86. The molecule has 1 nitrogen and oxygen atoms in total. The van der Waals surface area contributed by atoms with Crippen molar-refractivity contribution in [3.8, 4) is 0 Å². The van der Waals surface area contributed by atoms with Gasteiger partial charge < -0.3 is 5.73 Å². The zero-order valence-corrected chi connectivity index (χ0v) is 9.47. The second-order valence-electron chi connectivity index (χ2n) is 5.60. The van der Waals surface area contributed by atoms with E-state index in [9.17, 15) is 0 Å². The standard InChI is InChI=1S/C14H19N/c1-14(15)8-12-6-10-4-2-3-5-11(10)7-13(12)9-14/h6-7H,2-5,8-9,15H2,1H3. The minimum Gasteiger partial charge on any atom is -0.325 e. The zero-order chi connectivity index (χ0) is 10.5. The highest BCUT2D eigenvalue weighted by molar-refractivity contribution is 5.44. The molecule has 0 saturated carbocycles. The fourth-order valence-corrected chi connectivity index (χ4v) is 3.15. The van der Waals surface area contributed by atoms with E-state index in [2.05, 4.69) is 19.1 Å². The molecule has 0 fully saturated rings. The van der Waals surface area contributed by atoms with Crippen LogP contribution >= 0.6 is 0 Å². The number of nitrogens with two attached hydrogens (primary N) is 1. The Morgan fingerprint density at radius 1 is 0.933 bits per heavy atom. The van der Waals surface area contributed by atoms with E-state index >= 15 is 0 Å². The molecule has 0 atom stereocenters. The maximum absolute atomic E-state index is 6.23. The van der Waals surface area contributed by atoms with E-state index in [1.165, 1.54) is 36.8 Å². The summed E-state index contributed by atoms with van der Waals surface area (Å²) in [5.74, 6) is 0. The highest BCUT2D eigenvalue weighted by Gasteiger charge is 2.29. The predicted molar refractivity (Wildman–Crippen MR) is 63.1 cm³/mol. The average molecular weight is 201 g/mol. The van der Waals surface area contributed by atoms with E-state index in [-0.39, 0.29) is 5.54 Å². The predicted octanol–water partition coefficient (Wildman–Crippen LogP) is 2.38. The van der Waals surface area contributed by atoms with Crippen molar-refractivity contribution in [3.05, 3.63) is 34.4 Å². The van der Waals surface area contributed by atoms with E-state index in [0.717, 1.165) is 12.8 Å². The number of rotatable bonds is 0. The molecule has 2 aliphatic rings. The molecule has 1 heteroatoms. The monoisotopic (exact) mass is 201 g/mol. The normalized spacial score (nSPS) is 22.3. The lowest BCUT2D eigenvalue weighted by atomic mass is 9.89. The molecule has 15 heavy (non-hydrogen) atoms. The lowest BCUT2D eigenvalue weighted by Gasteiger charge is -2.17. The molecule has 0 spiro atoms. The summed E-state index contributed by atoms with van der Waals surface area (Å²) in [6.07, 6.45) is 7.43. The molecule has 0 aromatic heterocycles. The number of aryl methyl sites for hydroxylation is 2. The van der Waals surface area contributed by atoms with E-state index in [1.807, 2.05) is 0 Å². The quantitative estimate of drug-likeness (QED) is 0.685. The molecule has 80 valence electrons. The number of hydrogen-bond donors (Lipinski definition) is 1. The van der Waals surface area contributed by atoms with Crippen LogP contribution in [0.3, 0.4) is 0 Å². The van der Waals surface area contributed by atoms with Crippen LogP contribution in [-0.4, -0.2) is 5.54 Å². The summed E-state index contributed by atoms with van der Waals surface area (Å²) < 4.78 is 0. The average Bonchev–Trinajstić information content (AvgIpc) is 2.46. The Kier molecular flexibility index (Phi) is 1.93. The highest BCUT2D eigenvalue weighted by atomic mass is 14.7. The molecule has 0 heterocycles. The smallest absolute Gasteiger partial charge is 0.0207 e. The molecular formula is C14H19N. The van der Waals surface area contributed by atoms with Crippen LogP contribution in [0.25, 0.3) is 0 Å². The lowest BCUT2D eigenvalue weighted by Crippen LogP contribution is -2.36. The van der Waals surface area contributed by atoms with Gasteiger partial charge in [-0.15, -0.1) is 0 Å². The number of hydrogen-bond acceptors (Lipinski definition) is 1. The summed E-state index contributed by atoms with van der Waals surface area (Å²) in [5, 5.41) is 0. The first kappa shape index (κ1) is 9.41. The largest absolute Gasteiger partial charge is 0.325 e. The number of benzene rings is 1. The molecule has 3 rings (SSSR count). The third kappa shape index (κ3) is 1.59. The van der Waals surface area contributed by atoms with Crippen LogP contribution in [0, 0.1) is 0 Å². The van der Waals surface area contributed by atoms with Crippen molar-refractivity contribution in [2.24, 2.45) is 5.73 Å². The van der Waals surface area contributed by atoms with Gasteiger partial charge in [0.25, 0.3) is 0 Å². The third-order valence-corrected chi connectivity index (χ3v) is 3.85. The highest BCUT2D eigenvalue weighted by Crippen LogP contribution is 2.33. The van der Waals surface area contributed by atoms with Crippen LogP contribution in [-0.2, 0) is 25.7 Å². The topological polar surface area (TPSA) is 26.0 Å². The van der Waals surface area contributed by atoms with Gasteiger partial charge >= 0.3 is 0 Å². The molecule has 0 unspecified atom stereocenters. The first-order chi connectivity index (χ1) is 7.14. The first-order valence-electron chi connectivity index (χ1n) is 6.06. The minimum atomic E-state index is 0.00623. The maximum Gasteiger partial charge on any atom is 0.0207 e. The van der Waals surface area contributed by atoms with E-state index < -0.39 is 0 Å². The molecule has 2 N–H and O–H groups in total. The molecule has 2 aliphatic carbocycles. The third-order valence-electron chi connectivity index (χ3n) is 3.85. The minimum absolute atomic E-state index is 0.00623. The van der Waals surface area contributed by atoms with Crippen LogP contribution in [0.15, 0.2) is 12.1 Å². The Hall–Kier alpha value is -0.820. The van der Waals surface area contributed by atoms with Crippen molar-refractivity contribution in [1.29, 1.82) is 0 Å². The summed E-state index contributed by atoms with van der Waals surface area (Å²) >= 11 is 0. The van der Waals surface area contributed by atoms with Gasteiger partial charge in [0.15, 0.2) is 0 Å². The maximum atomic E-state index is 6.23. The Morgan fingerprint density at radius 3 is 1.87 bits per heavy atom. The molecule has 0 amide bonds. The van der Waals surface area contributed by atoms with Crippen LogP contribution in [0.4, 0.5) is 0 Å². The van der Waals surface area contributed by atoms with Gasteiger partial charge in [-0.1, -0.05) is 12.1 Å². The van der Waals surface area contributed by atoms with Gasteiger partial charge in [0.1, 0.15) is 0 Å². The lowest BCUT2D eigenvalue weighted by molar-refractivity contribution is 0.499. The second-order valence-corrected chi connectivity index (χ2v) is 5.60. The molecule has 1 aromatic carbocycles. The van der Waals surface area contributed by atoms with Crippen molar-refractivity contribution < 1.29 is 0 Å². The van der Waals surface area contributed by atoms with E-state index in [0.29, 0.717) is 0 Å². The van der Waals surface area contributed by atoms with Gasteiger partial charge in [-0.05, 0) is 67.7 Å². The van der Waals surface area contributed by atoms with Crippen LogP contribution in [0.5, 0.6) is 0 Å². The van der Waals surface area contributed by atoms with Gasteiger partial charge in [-0.3, -0.25) is 0 Å². The van der Waals surface area contributed by atoms with E-state index in [1.54, 1.807) is 11.1 Å². The van der Waals surface area contributed by atoms with Crippen LogP contribution in [0.1, 0.15) is 42.0 Å².